The standard InChI is InChI=1S/C47H71N3O5/c1-34(2)29-41(48-45(54)38(25-24-36-19-13-11-14-20-36)32-40(51)23-17-9-8-10-18-28-50(6)7)43(52)33-39(31-37-21-15-12-16-22-37)46(55)49-42(30-35(3)4)44(53)47(5)26-27-47/h11-16,19-22,34-35,38-39,41-42H,8-10,17-18,23-33H2,1-7H3,(H,48,54)(H,49,55)/t38-,39-,41+,42+/m1/s1. The van der Waals surface area contributed by atoms with Crippen LogP contribution >= 0.6 is 0 Å². The van der Waals surface area contributed by atoms with Crippen LogP contribution < -0.4 is 10.6 Å². The Kier molecular flexibility index (Phi) is 19.5. The third-order valence-corrected chi connectivity index (χ3v) is 11.0. The smallest absolute Gasteiger partial charge is 0.224 e. The van der Waals surface area contributed by atoms with Crippen LogP contribution in [0.2, 0.25) is 0 Å². The van der Waals surface area contributed by atoms with E-state index in [4.69, 9.17) is 0 Å². The van der Waals surface area contributed by atoms with Crippen molar-refractivity contribution in [1.29, 1.82) is 0 Å². The summed E-state index contributed by atoms with van der Waals surface area (Å²) in [5.41, 5.74) is 1.63. The lowest BCUT2D eigenvalue weighted by Gasteiger charge is -2.27. The van der Waals surface area contributed by atoms with Crippen LogP contribution in [0.1, 0.15) is 129 Å². The van der Waals surface area contributed by atoms with Gasteiger partial charge in [0, 0.05) is 36.5 Å². The molecule has 55 heavy (non-hydrogen) atoms. The Balaban J connectivity index is 1.75. The number of hydrogen-bond acceptors (Lipinski definition) is 6. The van der Waals surface area contributed by atoms with E-state index >= 15 is 0 Å². The fraction of sp³-hybridized carbons (Fsp3) is 0.638. The molecule has 8 nitrogen and oxygen atoms in total. The Morgan fingerprint density at radius 2 is 1.20 bits per heavy atom. The molecule has 4 atom stereocenters. The minimum absolute atomic E-state index is 0.0690. The van der Waals surface area contributed by atoms with Crippen molar-refractivity contribution < 1.29 is 24.0 Å². The van der Waals surface area contributed by atoms with Crippen molar-refractivity contribution in [3.8, 4) is 0 Å². The topological polar surface area (TPSA) is 113 Å². The molecule has 1 fully saturated rings. The number of Topliss-reactive ketones (excluding diaryl/α,β-unsaturated/α-hetero) is 3. The van der Waals surface area contributed by atoms with Gasteiger partial charge in [0.05, 0.1) is 12.1 Å². The van der Waals surface area contributed by atoms with E-state index in [0.717, 1.165) is 62.6 Å². The maximum absolute atomic E-state index is 14.3. The number of nitrogens with zero attached hydrogens (tertiary/aromatic N) is 1. The number of carbonyl (C=O) groups is 5. The van der Waals surface area contributed by atoms with Crippen molar-refractivity contribution in [2.75, 3.05) is 20.6 Å². The fourth-order valence-electron chi connectivity index (χ4n) is 7.39. The number of aryl methyl sites for hydroxylation is 1. The van der Waals surface area contributed by atoms with Crippen LogP contribution in [0.15, 0.2) is 60.7 Å². The van der Waals surface area contributed by atoms with Gasteiger partial charge in [-0.1, -0.05) is 115 Å². The lowest BCUT2D eigenvalue weighted by atomic mass is 9.87. The molecule has 2 amide bonds. The molecule has 0 saturated heterocycles. The summed E-state index contributed by atoms with van der Waals surface area (Å²) < 4.78 is 0. The number of rotatable bonds is 28. The molecule has 3 rings (SSSR count). The van der Waals surface area contributed by atoms with Crippen LogP contribution in [0.4, 0.5) is 0 Å². The van der Waals surface area contributed by atoms with E-state index < -0.39 is 29.3 Å². The van der Waals surface area contributed by atoms with E-state index in [2.05, 4.69) is 29.6 Å². The Morgan fingerprint density at radius 1 is 0.673 bits per heavy atom. The summed E-state index contributed by atoms with van der Waals surface area (Å²) in [6, 6.07) is 18.2. The van der Waals surface area contributed by atoms with Crippen molar-refractivity contribution in [2.24, 2.45) is 29.1 Å². The highest BCUT2D eigenvalue weighted by Crippen LogP contribution is 2.47. The Bertz CT molecular complexity index is 1480. The first kappa shape index (κ1) is 45.7. The summed E-state index contributed by atoms with van der Waals surface area (Å²) in [7, 11) is 4.16. The van der Waals surface area contributed by atoms with Gasteiger partial charge in [0.15, 0.2) is 11.6 Å². The van der Waals surface area contributed by atoms with Crippen molar-refractivity contribution in [2.45, 2.75) is 143 Å². The van der Waals surface area contributed by atoms with Crippen LogP contribution in [-0.2, 0) is 36.8 Å². The van der Waals surface area contributed by atoms with Crippen LogP contribution in [0.3, 0.4) is 0 Å². The Morgan fingerprint density at radius 3 is 1.78 bits per heavy atom. The second-order valence-corrected chi connectivity index (χ2v) is 17.6. The van der Waals surface area contributed by atoms with Crippen molar-refractivity contribution in [3.05, 3.63) is 71.8 Å². The summed E-state index contributed by atoms with van der Waals surface area (Å²) in [5, 5.41) is 6.16. The Labute approximate surface area is 332 Å². The minimum Gasteiger partial charge on any atom is -0.346 e. The molecule has 1 aliphatic rings. The normalized spacial score (nSPS) is 15.7. The van der Waals surface area contributed by atoms with E-state index in [0.29, 0.717) is 38.5 Å². The maximum Gasteiger partial charge on any atom is 0.224 e. The van der Waals surface area contributed by atoms with E-state index in [9.17, 15) is 24.0 Å². The number of ketones is 3. The molecular formula is C47H71N3O5. The summed E-state index contributed by atoms with van der Waals surface area (Å²) in [5.74, 6) is -1.61. The molecule has 0 bridgehead atoms. The number of benzene rings is 2. The van der Waals surface area contributed by atoms with Gasteiger partial charge in [0.2, 0.25) is 11.8 Å². The largest absolute Gasteiger partial charge is 0.346 e. The molecule has 0 spiro atoms. The number of hydrogen-bond donors (Lipinski definition) is 2. The van der Waals surface area contributed by atoms with E-state index in [1.54, 1.807) is 0 Å². The number of carbonyl (C=O) groups excluding carboxylic acids is 5. The van der Waals surface area contributed by atoms with Gasteiger partial charge in [-0.25, -0.2) is 0 Å². The van der Waals surface area contributed by atoms with Crippen LogP contribution in [0.5, 0.6) is 0 Å². The van der Waals surface area contributed by atoms with Gasteiger partial charge in [-0.2, -0.15) is 0 Å². The van der Waals surface area contributed by atoms with Gasteiger partial charge < -0.3 is 15.5 Å². The molecule has 8 heteroatoms. The molecule has 1 aliphatic carbocycles. The van der Waals surface area contributed by atoms with E-state index in [1.165, 1.54) is 0 Å². The summed E-state index contributed by atoms with van der Waals surface area (Å²) in [6.45, 7) is 11.1. The quantitative estimate of drug-likeness (QED) is 0.0845. The molecule has 0 aliphatic heterocycles. The molecule has 2 aromatic carbocycles. The van der Waals surface area contributed by atoms with Gasteiger partial charge in [-0.3, -0.25) is 24.0 Å². The number of nitrogens with one attached hydrogen (secondary N) is 2. The van der Waals surface area contributed by atoms with Crippen LogP contribution in [-0.4, -0.2) is 66.8 Å². The monoisotopic (exact) mass is 758 g/mol. The summed E-state index contributed by atoms with van der Waals surface area (Å²) in [6.07, 6.45) is 9.82. The zero-order chi connectivity index (χ0) is 40.4. The molecule has 304 valence electrons. The molecule has 2 aromatic rings. The zero-order valence-electron chi connectivity index (χ0n) is 35.0. The van der Waals surface area contributed by atoms with E-state index in [1.807, 2.05) is 95.3 Å². The van der Waals surface area contributed by atoms with E-state index in [-0.39, 0.29) is 53.8 Å². The van der Waals surface area contributed by atoms with Gasteiger partial charge in [0.25, 0.3) is 0 Å². The highest BCUT2D eigenvalue weighted by molar-refractivity contribution is 5.97. The van der Waals surface area contributed by atoms with Crippen LogP contribution in [0, 0.1) is 29.1 Å². The average molecular weight is 758 g/mol. The van der Waals surface area contributed by atoms with Gasteiger partial charge in [-0.15, -0.1) is 0 Å². The lowest BCUT2D eigenvalue weighted by Crippen LogP contribution is -2.49. The average Bonchev–Trinajstić information content (AvgIpc) is 3.90. The molecule has 0 aromatic heterocycles. The third-order valence-electron chi connectivity index (χ3n) is 11.0. The van der Waals surface area contributed by atoms with Gasteiger partial charge >= 0.3 is 0 Å². The number of amides is 2. The second kappa shape index (κ2) is 23.4. The predicted octanol–water partition coefficient (Wildman–Crippen LogP) is 8.35. The molecule has 2 N–H and O–H groups in total. The third kappa shape index (κ3) is 17.4. The highest BCUT2D eigenvalue weighted by Gasteiger charge is 2.48. The second-order valence-electron chi connectivity index (χ2n) is 17.6. The molecule has 0 unspecified atom stereocenters. The Hall–Kier alpha value is -3.65. The van der Waals surface area contributed by atoms with Crippen LogP contribution in [0.25, 0.3) is 0 Å². The first-order chi connectivity index (χ1) is 26.2. The van der Waals surface area contributed by atoms with Crippen molar-refractivity contribution in [3.63, 3.8) is 0 Å². The van der Waals surface area contributed by atoms with Gasteiger partial charge in [-0.05, 0) is 101 Å². The summed E-state index contributed by atoms with van der Waals surface area (Å²) >= 11 is 0. The zero-order valence-corrected chi connectivity index (χ0v) is 35.0. The SMILES string of the molecule is CC(C)C[C@H](NC(=O)[C@H](CCc1ccccc1)CC(=O)CCCCCCCN(C)C)C(=O)C[C@@H](Cc1ccccc1)C(=O)N[C@@H](CC(C)C)C(=O)C1(C)CC1. The molecule has 1 saturated carbocycles. The minimum atomic E-state index is -0.798. The van der Waals surface area contributed by atoms with Gasteiger partial charge in [0.1, 0.15) is 5.78 Å². The first-order valence-corrected chi connectivity index (χ1v) is 21.1. The fourth-order valence-corrected chi connectivity index (χ4v) is 7.39. The maximum atomic E-state index is 14.3. The number of unbranched alkanes of at least 4 members (excludes halogenated alkanes) is 4. The first-order valence-electron chi connectivity index (χ1n) is 21.1. The predicted molar refractivity (Wildman–Crippen MR) is 223 cm³/mol. The highest BCUT2D eigenvalue weighted by atomic mass is 16.2. The molecule has 0 radical (unpaired) electrons. The molecule has 0 heterocycles. The van der Waals surface area contributed by atoms with Crippen molar-refractivity contribution in [1.82, 2.24) is 15.5 Å². The molecular weight excluding hydrogens is 687 g/mol. The summed E-state index contributed by atoms with van der Waals surface area (Å²) in [4.78, 5) is 71.4. The van der Waals surface area contributed by atoms with Crippen molar-refractivity contribution >= 4 is 29.2 Å². The lowest BCUT2D eigenvalue weighted by molar-refractivity contribution is -0.135.